The van der Waals surface area contributed by atoms with Crippen LogP contribution < -0.4 is 4.90 Å². The highest BCUT2D eigenvalue weighted by atomic mass is 15.1. The molecule has 0 aromatic heterocycles. The van der Waals surface area contributed by atoms with Gasteiger partial charge in [0.2, 0.25) is 0 Å². The Labute approximate surface area is 246 Å². The van der Waals surface area contributed by atoms with E-state index in [9.17, 15) is 0 Å². The lowest BCUT2D eigenvalue weighted by Gasteiger charge is -2.33. The van der Waals surface area contributed by atoms with Crippen LogP contribution in [0.25, 0.3) is 11.1 Å². The average molecular weight is 538 g/mol. The van der Waals surface area contributed by atoms with Crippen LogP contribution in [0.1, 0.15) is 106 Å². The van der Waals surface area contributed by atoms with Crippen molar-refractivity contribution in [1.29, 1.82) is 0 Å². The number of hydrogen-bond acceptors (Lipinski definition) is 1. The Balaban J connectivity index is 1.23. The van der Waals surface area contributed by atoms with Crippen LogP contribution >= 0.6 is 0 Å². The minimum absolute atomic E-state index is 0.0637. The van der Waals surface area contributed by atoms with Crippen molar-refractivity contribution in [2.75, 3.05) is 4.90 Å². The monoisotopic (exact) mass is 537 g/mol. The Morgan fingerprint density at radius 2 is 1.29 bits per heavy atom. The highest BCUT2D eigenvalue weighted by molar-refractivity contribution is 5.90. The fourth-order valence-electron chi connectivity index (χ4n) is 9.29. The van der Waals surface area contributed by atoms with Gasteiger partial charge in [0, 0.05) is 16.8 Å². The molecule has 208 valence electrons. The van der Waals surface area contributed by atoms with Crippen molar-refractivity contribution >= 4 is 17.1 Å². The summed E-state index contributed by atoms with van der Waals surface area (Å²) >= 11 is 0. The molecule has 8 rings (SSSR count). The molecule has 0 saturated heterocycles. The number of nitrogens with zero attached hydrogens (tertiary/aromatic N) is 1. The maximum Gasteiger partial charge on any atom is 0.0508 e. The highest BCUT2D eigenvalue weighted by Crippen LogP contribution is 2.55. The van der Waals surface area contributed by atoms with Crippen LogP contribution in [0.5, 0.6) is 0 Å². The van der Waals surface area contributed by atoms with Gasteiger partial charge in [-0.15, -0.1) is 0 Å². The van der Waals surface area contributed by atoms with E-state index in [2.05, 4.69) is 110 Å². The fraction of sp³-hybridized carbons (Fsp3) is 0.400. The van der Waals surface area contributed by atoms with E-state index in [1.807, 2.05) is 0 Å². The lowest BCUT2D eigenvalue weighted by Crippen LogP contribution is -2.20. The van der Waals surface area contributed by atoms with Crippen molar-refractivity contribution in [3.63, 3.8) is 0 Å². The molecular formula is C40H43N. The van der Waals surface area contributed by atoms with Gasteiger partial charge in [-0.2, -0.15) is 0 Å². The number of rotatable bonds is 5. The van der Waals surface area contributed by atoms with E-state index in [0.717, 1.165) is 23.7 Å². The summed E-state index contributed by atoms with van der Waals surface area (Å²) in [6.07, 6.45) is 12.6. The van der Waals surface area contributed by atoms with E-state index in [0.29, 0.717) is 0 Å². The molecular weight excluding hydrogens is 494 g/mol. The smallest absolute Gasteiger partial charge is 0.0508 e. The summed E-state index contributed by atoms with van der Waals surface area (Å²) in [6, 6.07) is 35.3. The second-order valence-electron chi connectivity index (χ2n) is 14.0. The Morgan fingerprint density at radius 3 is 1.98 bits per heavy atom. The highest BCUT2D eigenvalue weighted by Gasteiger charge is 2.41. The van der Waals surface area contributed by atoms with Crippen LogP contribution in [-0.4, -0.2) is 0 Å². The molecule has 0 amide bonds. The molecule has 4 aliphatic carbocycles. The Kier molecular flexibility index (Phi) is 6.13. The molecule has 0 spiro atoms. The standard InChI is InChI=1S/C40H43N/c1-40(2)37-13-7-6-11-34(37)35-12-8-14-38(39(35)40)41(32-21-17-29(18-22-32)28-9-4-3-5-10-28)33-23-19-30(20-24-33)36-26-27-15-16-31(36)25-27/h6-8,11-14,17-24,27-28,31,36H,3-5,9-10,15-16,25-26H2,1-2H3. The first-order chi connectivity index (χ1) is 20.1. The fourth-order valence-corrected chi connectivity index (χ4v) is 9.29. The van der Waals surface area contributed by atoms with Crippen LogP contribution in [0, 0.1) is 11.8 Å². The van der Waals surface area contributed by atoms with Crippen LogP contribution in [0.4, 0.5) is 17.1 Å². The second-order valence-corrected chi connectivity index (χ2v) is 14.0. The summed E-state index contributed by atoms with van der Waals surface area (Å²) in [5.74, 6) is 3.37. The molecule has 0 N–H and O–H groups in total. The van der Waals surface area contributed by atoms with Gasteiger partial charge in [-0.1, -0.05) is 100 Å². The first-order valence-corrected chi connectivity index (χ1v) is 16.3. The third-order valence-corrected chi connectivity index (χ3v) is 11.3. The van der Waals surface area contributed by atoms with Gasteiger partial charge < -0.3 is 4.90 Å². The number of hydrogen-bond donors (Lipinski definition) is 0. The van der Waals surface area contributed by atoms with E-state index in [1.54, 1.807) is 5.56 Å². The summed E-state index contributed by atoms with van der Waals surface area (Å²) < 4.78 is 0. The van der Waals surface area contributed by atoms with Gasteiger partial charge in [0.05, 0.1) is 5.69 Å². The molecule has 4 aromatic rings. The molecule has 41 heavy (non-hydrogen) atoms. The normalized spacial score (nSPS) is 24.3. The zero-order valence-electron chi connectivity index (χ0n) is 24.8. The van der Waals surface area contributed by atoms with Gasteiger partial charge in [0.15, 0.2) is 0 Å². The van der Waals surface area contributed by atoms with E-state index >= 15 is 0 Å². The lowest BCUT2D eigenvalue weighted by atomic mass is 9.81. The van der Waals surface area contributed by atoms with Crippen molar-refractivity contribution in [1.82, 2.24) is 0 Å². The van der Waals surface area contributed by atoms with Crippen LogP contribution in [-0.2, 0) is 5.41 Å². The van der Waals surface area contributed by atoms with E-state index in [-0.39, 0.29) is 5.41 Å². The lowest BCUT2D eigenvalue weighted by molar-refractivity contribution is 0.420. The van der Waals surface area contributed by atoms with Crippen LogP contribution in [0.3, 0.4) is 0 Å². The molecule has 0 heterocycles. The molecule has 0 radical (unpaired) electrons. The van der Waals surface area contributed by atoms with E-state index in [4.69, 9.17) is 0 Å². The van der Waals surface area contributed by atoms with E-state index < -0.39 is 0 Å². The largest absolute Gasteiger partial charge is 0.310 e. The van der Waals surface area contributed by atoms with Crippen molar-refractivity contribution in [3.8, 4) is 11.1 Å². The van der Waals surface area contributed by atoms with Gasteiger partial charge >= 0.3 is 0 Å². The van der Waals surface area contributed by atoms with Crippen molar-refractivity contribution in [2.45, 2.75) is 88.9 Å². The Hall–Kier alpha value is -3.32. The zero-order chi connectivity index (χ0) is 27.6. The quantitative estimate of drug-likeness (QED) is 0.245. The predicted octanol–water partition coefficient (Wildman–Crippen LogP) is 11.4. The van der Waals surface area contributed by atoms with Gasteiger partial charge in [0.1, 0.15) is 0 Å². The number of fused-ring (bicyclic) bond motifs is 5. The van der Waals surface area contributed by atoms with Crippen molar-refractivity contribution in [2.24, 2.45) is 11.8 Å². The minimum Gasteiger partial charge on any atom is -0.310 e. The first-order valence-electron chi connectivity index (χ1n) is 16.3. The van der Waals surface area contributed by atoms with Crippen molar-refractivity contribution < 1.29 is 0 Å². The predicted molar refractivity (Wildman–Crippen MR) is 173 cm³/mol. The first kappa shape index (κ1) is 25.4. The number of anilines is 3. The summed E-state index contributed by atoms with van der Waals surface area (Å²) in [5.41, 5.74) is 12.5. The molecule has 0 aliphatic heterocycles. The molecule has 1 nitrogen and oxygen atoms in total. The third-order valence-electron chi connectivity index (χ3n) is 11.3. The third kappa shape index (κ3) is 4.18. The molecule has 2 bridgehead atoms. The summed E-state index contributed by atoms with van der Waals surface area (Å²) in [7, 11) is 0. The Morgan fingerprint density at radius 1 is 0.610 bits per heavy atom. The molecule has 3 atom stereocenters. The molecule has 1 heteroatoms. The maximum atomic E-state index is 2.54. The molecule has 4 aromatic carbocycles. The molecule has 3 saturated carbocycles. The molecule has 4 aliphatic rings. The van der Waals surface area contributed by atoms with Gasteiger partial charge in [-0.3, -0.25) is 0 Å². The van der Waals surface area contributed by atoms with Gasteiger partial charge in [-0.25, -0.2) is 0 Å². The van der Waals surface area contributed by atoms with E-state index in [1.165, 1.54) is 103 Å². The summed E-state index contributed by atoms with van der Waals surface area (Å²) in [4.78, 5) is 2.54. The van der Waals surface area contributed by atoms with Gasteiger partial charge in [-0.05, 0) is 119 Å². The van der Waals surface area contributed by atoms with Crippen LogP contribution in [0.2, 0.25) is 0 Å². The Bertz CT molecular complexity index is 1550. The number of benzene rings is 4. The summed E-state index contributed by atoms with van der Waals surface area (Å²) in [6.45, 7) is 4.81. The van der Waals surface area contributed by atoms with Gasteiger partial charge in [0.25, 0.3) is 0 Å². The average Bonchev–Trinajstić information content (AvgIpc) is 3.72. The topological polar surface area (TPSA) is 3.24 Å². The maximum absolute atomic E-state index is 2.54. The molecule has 3 unspecified atom stereocenters. The second kappa shape index (κ2) is 9.90. The summed E-state index contributed by atoms with van der Waals surface area (Å²) in [5, 5.41) is 0. The van der Waals surface area contributed by atoms with Crippen LogP contribution in [0.15, 0.2) is 91.0 Å². The van der Waals surface area contributed by atoms with Crippen molar-refractivity contribution in [3.05, 3.63) is 113 Å². The zero-order valence-corrected chi connectivity index (χ0v) is 24.8. The molecule has 3 fully saturated rings. The SMILES string of the molecule is CC1(C)c2ccccc2-c2cccc(N(c3ccc(C4CCCCC4)cc3)c3ccc(C4CC5CCC4C5)cc3)c21. The minimum atomic E-state index is -0.0637.